The average molecular weight is 515 g/mol. The molecule has 9 nitrogen and oxygen atoms in total. The summed E-state index contributed by atoms with van der Waals surface area (Å²) in [6, 6.07) is 13.6. The summed E-state index contributed by atoms with van der Waals surface area (Å²) < 4.78 is 7.71. The molecule has 2 aromatic carbocycles. The van der Waals surface area contributed by atoms with Gasteiger partial charge in [0.15, 0.2) is 0 Å². The highest BCUT2D eigenvalue weighted by Crippen LogP contribution is 2.34. The molecule has 2 heterocycles. The number of aromatic nitrogens is 3. The topological polar surface area (TPSA) is 95.8 Å². The maximum absolute atomic E-state index is 12.2. The number of anilines is 2. The van der Waals surface area contributed by atoms with Crippen LogP contribution < -0.4 is 15.0 Å². The van der Waals surface area contributed by atoms with Gasteiger partial charge >= 0.3 is 0 Å². The summed E-state index contributed by atoms with van der Waals surface area (Å²) >= 11 is 0. The molecule has 0 unspecified atom stereocenters. The van der Waals surface area contributed by atoms with Crippen LogP contribution in [0.2, 0.25) is 0 Å². The average Bonchev–Trinajstić information content (AvgIpc) is 3.31. The Balaban J connectivity index is 1.71. The van der Waals surface area contributed by atoms with Gasteiger partial charge in [-0.15, -0.1) is 0 Å². The van der Waals surface area contributed by atoms with Crippen molar-refractivity contribution in [3.8, 4) is 11.6 Å². The zero-order valence-electron chi connectivity index (χ0n) is 22.3. The van der Waals surface area contributed by atoms with Gasteiger partial charge in [0.05, 0.1) is 30.6 Å². The molecule has 0 radical (unpaired) electrons. The monoisotopic (exact) mass is 514 g/mol. The van der Waals surface area contributed by atoms with Crippen LogP contribution in [0.5, 0.6) is 5.75 Å². The number of aliphatic hydroxyl groups excluding tert-OH is 1. The van der Waals surface area contributed by atoms with Crippen molar-refractivity contribution >= 4 is 28.2 Å². The number of likely N-dealkylation sites (N-methyl/N-ethyl adjacent to an activating group) is 2. The number of para-hydroxylation sites is 1. The number of benzene rings is 2. The standard InChI is InChI=1S/C29H34N6O3/c1-6-29(37)31-23-15-20(26(38-5)17-25(23)34(4)14-13-33(2)3)16-27-30-12-11-28(32-27)35-18-21(19-36)22-9-7-8-10-24(22)35/h6-12,15,17-18,36H,1,13-14,16,19H2,2-5H3,(H,31,37). The summed E-state index contributed by atoms with van der Waals surface area (Å²) in [4.78, 5) is 25.8. The molecule has 38 heavy (non-hydrogen) atoms. The zero-order valence-corrected chi connectivity index (χ0v) is 22.3. The highest BCUT2D eigenvalue weighted by Gasteiger charge is 2.17. The van der Waals surface area contributed by atoms with Crippen molar-refractivity contribution in [2.75, 3.05) is 51.6 Å². The van der Waals surface area contributed by atoms with Crippen molar-refractivity contribution < 1.29 is 14.6 Å². The number of methoxy groups -OCH3 is 1. The van der Waals surface area contributed by atoms with Crippen molar-refractivity contribution in [3.63, 3.8) is 0 Å². The van der Waals surface area contributed by atoms with E-state index in [1.807, 2.05) is 74.4 Å². The lowest BCUT2D eigenvalue weighted by molar-refractivity contribution is -0.111. The van der Waals surface area contributed by atoms with Crippen LogP contribution in [0, 0.1) is 0 Å². The van der Waals surface area contributed by atoms with Crippen LogP contribution in [0.3, 0.4) is 0 Å². The lowest BCUT2D eigenvalue weighted by Crippen LogP contribution is -2.29. The second-order valence-corrected chi connectivity index (χ2v) is 9.31. The SMILES string of the molecule is C=CC(=O)Nc1cc(Cc2nccc(-n3cc(CO)c4ccccc43)n2)c(OC)cc1N(C)CCN(C)C. The van der Waals surface area contributed by atoms with Gasteiger partial charge in [-0.05, 0) is 38.4 Å². The van der Waals surface area contributed by atoms with Gasteiger partial charge in [-0.3, -0.25) is 4.79 Å². The number of rotatable bonds is 11. The fraction of sp³-hybridized carbons (Fsp3) is 0.276. The van der Waals surface area contributed by atoms with Gasteiger partial charge in [0, 0.05) is 61.5 Å². The predicted molar refractivity (Wildman–Crippen MR) is 151 cm³/mol. The Bertz CT molecular complexity index is 1450. The molecule has 4 aromatic rings. The summed E-state index contributed by atoms with van der Waals surface area (Å²) in [6.07, 6.45) is 5.27. The first-order valence-electron chi connectivity index (χ1n) is 12.4. The van der Waals surface area contributed by atoms with E-state index < -0.39 is 0 Å². The first-order chi connectivity index (χ1) is 18.3. The van der Waals surface area contributed by atoms with Gasteiger partial charge in [0.1, 0.15) is 17.4 Å². The Morgan fingerprint density at radius 1 is 1.16 bits per heavy atom. The second-order valence-electron chi connectivity index (χ2n) is 9.31. The van der Waals surface area contributed by atoms with E-state index >= 15 is 0 Å². The Morgan fingerprint density at radius 2 is 1.95 bits per heavy atom. The van der Waals surface area contributed by atoms with Crippen LogP contribution >= 0.6 is 0 Å². The second kappa shape index (κ2) is 11.9. The third-order valence-corrected chi connectivity index (χ3v) is 6.39. The lowest BCUT2D eigenvalue weighted by atomic mass is 10.1. The van der Waals surface area contributed by atoms with Gasteiger partial charge < -0.3 is 29.5 Å². The Hall–Kier alpha value is -4.21. The number of hydrogen-bond acceptors (Lipinski definition) is 7. The molecule has 0 aliphatic carbocycles. The van der Waals surface area contributed by atoms with Crippen LogP contribution in [0.15, 0.2) is 67.5 Å². The lowest BCUT2D eigenvalue weighted by Gasteiger charge is -2.25. The highest BCUT2D eigenvalue weighted by atomic mass is 16.5. The van der Waals surface area contributed by atoms with E-state index in [4.69, 9.17) is 9.72 Å². The molecule has 0 spiro atoms. The summed E-state index contributed by atoms with van der Waals surface area (Å²) in [5, 5.41) is 13.7. The Labute approximate surface area is 223 Å². The van der Waals surface area contributed by atoms with E-state index in [9.17, 15) is 9.90 Å². The number of hydrogen-bond donors (Lipinski definition) is 2. The summed E-state index contributed by atoms with van der Waals surface area (Å²) in [5.74, 6) is 1.68. The number of nitrogens with zero attached hydrogens (tertiary/aromatic N) is 5. The maximum Gasteiger partial charge on any atom is 0.247 e. The molecule has 1 amide bonds. The number of ether oxygens (including phenoxy) is 1. The molecule has 4 rings (SSSR count). The predicted octanol–water partition coefficient (Wildman–Crippen LogP) is 3.63. The van der Waals surface area contributed by atoms with E-state index in [1.165, 1.54) is 6.08 Å². The molecule has 0 aliphatic heterocycles. The molecule has 0 saturated carbocycles. The van der Waals surface area contributed by atoms with Gasteiger partial charge in [-0.1, -0.05) is 24.8 Å². The van der Waals surface area contributed by atoms with Crippen molar-refractivity contribution in [2.45, 2.75) is 13.0 Å². The summed E-state index contributed by atoms with van der Waals surface area (Å²) in [6.45, 7) is 5.14. The minimum Gasteiger partial charge on any atom is -0.496 e. The summed E-state index contributed by atoms with van der Waals surface area (Å²) in [7, 11) is 7.65. The van der Waals surface area contributed by atoms with Gasteiger partial charge in [-0.2, -0.15) is 0 Å². The van der Waals surface area contributed by atoms with E-state index in [0.29, 0.717) is 29.5 Å². The Kier molecular flexibility index (Phi) is 8.40. The highest BCUT2D eigenvalue weighted by molar-refractivity contribution is 6.01. The van der Waals surface area contributed by atoms with Gasteiger partial charge in [-0.25, -0.2) is 9.97 Å². The molecule has 198 valence electrons. The quantitative estimate of drug-likeness (QED) is 0.295. The van der Waals surface area contributed by atoms with Crippen molar-refractivity contribution in [3.05, 3.63) is 84.5 Å². The normalized spacial score (nSPS) is 11.1. The molecule has 9 heteroatoms. The third kappa shape index (κ3) is 5.85. The third-order valence-electron chi connectivity index (χ3n) is 6.39. The fourth-order valence-electron chi connectivity index (χ4n) is 4.36. The molecule has 2 aromatic heterocycles. The van der Waals surface area contributed by atoms with Gasteiger partial charge in [0.2, 0.25) is 5.91 Å². The van der Waals surface area contributed by atoms with Crippen LogP contribution in [-0.2, 0) is 17.8 Å². The largest absolute Gasteiger partial charge is 0.496 e. The molecular formula is C29H34N6O3. The van der Waals surface area contributed by atoms with Crippen LogP contribution in [0.1, 0.15) is 17.0 Å². The Morgan fingerprint density at radius 3 is 2.66 bits per heavy atom. The van der Waals surface area contributed by atoms with Gasteiger partial charge in [0.25, 0.3) is 0 Å². The number of carbonyl (C=O) groups excluding carboxylic acids is 1. The molecule has 0 atom stereocenters. The molecular weight excluding hydrogens is 480 g/mol. The van der Waals surface area contributed by atoms with E-state index in [2.05, 4.69) is 26.7 Å². The van der Waals surface area contributed by atoms with Crippen LogP contribution in [0.25, 0.3) is 16.7 Å². The zero-order chi connectivity index (χ0) is 27.2. The number of fused-ring (bicyclic) bond motifs is 1. The van der Waals surface area contributed by atoms with Crippen LogP contribution in [-0.4, -0.2) is 71.8 Å². The van der Waals surface area contributed by atoms with E-state index in [1.54, 1.807) is 13.3 Å². The molecule has 0 saturated heterocycles. The molecule has 0 fully saturated rings. The molecule has 0 bridgehead atoms. The van der Waals surface area contributed by atoms with E-state index in [-0.39, 0.29) is 12.5 Å². The fourth-order valence-corrected chi connectivity index (χ4v) is 4.36. The minimum atomic E-state index is -0.291. The maximum atomic E-state index is 12.2. The van der Waals surface area contributed by atoms with Crippen molar-refractivity contribution in [1.29, 1.82) is 0 Å². The minimum absolute atomic E-state index is 0.0583. The van der Waals surface area contributed by atoms with Crippen molar-refractivity contribution in [1.82, 2.24) is 19.4 Å². The molecule has 0 aliphatic rings. The number of amides is 1. The van der Waals surface area contributed by atoms with Crippen molar-refractivity contribution in [2.24, 2.45) is 0 Å². The van der Waals surface area contributed by atoms with Crippen LogP contribution in [0.4, 0.5) is 11.4 Å². The smallest absolute Gasteiger partial charge is 0.247 e. The van der Waals surface area contributed by atoms with E-state index in [0.717, 1.165) is 40.8 Å². The first kappa shape index (κ1) is 26.8. The number of aliphatic hydroxyl groups is 1. The number of nitrogens with one attached hydrogen (secondary N) is 1. The number of carbonyl (C=O) groups is 1. The first-order valence-corrected chi connectivity index (χ1v) is 12.4. The summed E-state index contributed by atoms with van der Waals surface area (Å²) in [5.41, 5.74) is 4.12. The molecule has 2 N–H and O–H groups in total.